The molecule has 0 saturated carbocycles. The Bertz CT molecular complexity index is 1480. The van der Waals surface area contributed by atoms with Crippen LogP contribution in [0.2, 0.25) is 0 Å². The van der Waals surface area contributed by atoms with Gasteiger partial charge >= 0.3 is 0 Å². The highest BCUT2D eigenvalue weighted by Crippen LogP contribution is 2.36. The van der Waals surface area contributed by atoms with Crippen LogP contribution in [0.3, 0.4) is 0 Å². The molecule has 5 nitrogen and oxygen atoms in total. The molecule has 0 saturated heterocycles. The standard InChI is InChI=1S/C26H24N2O3S2/c1-18-24(19-10-3-2-4-11-19)22-14-7-8-16-28(22)25(18)26(29)20-12-5-6-13-21(20)27-33(30,31)23-15-9-17-32-23/h5-10,12-17,27H,2-4,11H2,1H3. The largest absolute Gasteiger partial charge is 0.313 e. The number of benzene rings is 1. The molecule has 0 bridgehead atoms. The zero-order valence-corrected chi connectivity index (χ0v) is 19.9. The SMILES string of the molecule is Cc1c(C2=CCCCC2)c2ccccn2c1C(=O)c1ccccc1NS(=O)(=O)c1cccs1. The van der Waals surface area contributed by atoms with Crippen LogP contribution in [-0.4, -0.2) is 18.6 Å². The van der Waals surface area contributed by atoms with Gasteiger partial charge in [-0.1, -0.05) is 30.3 Å². The zero-order valence-electron chi connectivity index (χ0n) is 18.2. The molecule has 1 aromatic carbocycles. The number of para-hydroxylation sites is 1. The Morgan fingerprint density at radius 3 is 2.61 bits per heavy atom. The Morgan fingerprint density at radius 1 is 1.03 bits per heavy atom. The van der Waals surface area contributed by atoms with Gasteiger partial charge < -0.3 is 4.40 Å². The summed E-state index contributed by atoms with van der Waals surface area (Å²) in [6, 6.07) is 16.0. The van der Waals surface area contributed by atoms with Gasteiger partial charge in [0.05, 0.1) is 16.9 Å². The fourth-order valence-electron chi connectivity index (χ4n) is 4.59. The van der Waals surface area contributed by atoms with Crippen LogP contribution in [0.5, 0.6) is 0 Å². The third kappa shape index (κ3) is 3.92. The molecule has 1 N–H and O–H groups in total. The minimum atomic E-state index is -3.77. The van der Waals surface area contributed by atoms with Crippen LogP contribution in [0.15, 0.2) is 76.5 Å². The Kier molecular flexibility index (Phi) is 5.68. The fraction of sp³-hybridized carbons (Fsp3) is 0.192. The molecule has 3 aromatic heterocycles. The summed E-state index contributed by atoms with van der Waals surface area (Å²) in [7, 11) is -3.77. The van der Waals surface area contributed by atoms with Crippen LogP contribution in [0, 0.1) is 6.92 Å². The number of ketones is 1. The van der Waals surface area contributed by atoms with Crippen molar-refractivity contribution in [3.05, 3.63) is 94.6 Å². The molecule has 0 radical (unpaired) electrons. The van der Waals surface area contributed by atoms with E-state index >= 15 is 0 Å². The van der Waals surface area contributed by atoms with Crippen molar-refractivity contribution in [2.24, 2.45) is 0 Å². The molecule has 5 rings (SSSR count). The number of nitrogens with one attached hydrogen (secondary N) is 1. The maximum absolute atomic E-state index is 13.9. The number of hydrogen-bond acceptors (Lipinski definition) is 4. The summed E-state index contributed by atoms with van der Waals surface area (Å²) in [6.45, 7) is 1.99. The van der Waals surface area contributed by atoms with Crippen LogP contribution < -0.4 is 4.72 Å². The number of aromatic nitrogens is 1. The Labute approximate surface area is 197 Å². The second-order valence-electron chi connectivity index (χ2n) is 8.19. The number of fused-ring (bicyclic) bond motifs is 1. The molecule has 1 aliphatic rings. The second kappa shape index (κ2) is 8.65. The van der Waals surface area contributed by atoms with Crippen LogP contribution in [0.1, 0.15) is 52.9 Å². The molecule has 7 heteroatoms. The third-order valence-corrected chi connectivity index (χ3v) is 8.85. The van der Waals surface area contributed by atoms with E-state index in [-0.39, 0.29) is 15.7 Å². The Morgan fingerprint density at radius 2 is 1.85 bits per heavy atom. The highest BCUT2D eigenvalue weighted by atomic mass is 32.2. The van der Waals surface area contributed by atoms with Crippen molar-refractivity contribution in [2.45, 2.75) is 36.8 Å². The Balaban J connectivity index is 1.63. The molecule has 0 atom stereocenters. The highest BCUT2D eigenvalue weighted by Gasteiger charge is 2.26. The van der Waals surface area contributed by atoms with E-state index in [9.17, 15) is 13.2 Å². The number of anilines is 1. The van der Waals surface area contributed by atoms with Gasteiger partial charge in [0, 0.05) is 17.3 Å². The molecule has 0 amide bonds. The summed E-state index contributed by atoms with van der Waals surface area (Å²) in [6.07, 6.45) is 8.58. The van der Waals surface area contributed by atoms with E-state index in [0.717, 1.165) is 47.2 Å². The number of nitrogens with zero attached hydrogens (tertiary/aromatic N) is 1. The lowest BCUT2D eigenvalue weighted by Crippen LogP contribution is -2.16. The monoisotopic (exact) mass is 476 g/mol. The van der Waals surface area contributed by atoms with Crippen LogP contribution in [0.4, 0.5) is 5.69 Å². The summed E-state index contributed by atoms with van der Waals surface area (Å²) >= 11 is 1.14. The van der Waals surface area contributed by atoms with Gasteiger partial charge in [-0.05, 0) is 79.5 Å². The zero-order chi connectivity index (χ0) is 23.0. The lowest BCUT2D eigenvalue weighted by Gasteiger charge is -2.13. The molecule has 168 valence electrons. The van der Waals surface area contributed by atoms with Crippen molar-refractivity contribution in [1.29, 1.82) is 0 Å². The van der Waals surface area contributed by atoms with E-state index in [1.54, 1.807) is 41.8 Å². The average Bonchev–Trinajstić information content (AvgIpc) is 3.46. The number of carbonyl (C=O) groups excluding carboxylic acids is 1. The lowest BCUT2D eigenvalue weighted by molar-refractivity contribution is 0.103. The molecule has 0 spiro atoms. The summed E-state index contributed by atoms with van der Waals surface area (Å²) in [5, 5.41) is 1.71. The van der Waals surface area contributed by atoms with Gasteiger partial charge in [-0.3, -0.25) is 9.52 Å². The minimum Gasteiger partial charge on any atom is -0.313 e. The molecule has 33 heavy (non-hydrogen) atoms. The number of sulfonamides is 1. The number of carbonyl (C=O) groups is 1. The third-order valence-electron chi connectivity index (χ3n) is 6.09. The number of thiophene rings is 1. The van der Waals surface area contributed by atoms with Gasteiger partial charge in [-0.2, -0.15) is 0 Å². The smallest absolute Gasteiger partial charge is 0.271 e. The van der Waals surface area contributed by atoms with Crippen LogP contribution in [0.25, 0.3) is 11.1 Å². The van der Waals surface area contributed by atoms with Crippen molar-refractivity contribution < 1.29 is 13.2 Å². The van der Waals surface area contributed by atoms with Crippen LogP contribution >= 0.6 is 11.3 Å². The summed E-state index contributed by atoms with van der Waals surface area (Å²) in [5.41, 5.74) is 5.50. The summed E-state index contributed by atoms with van der Waals surface area (Å²) < 4.78 is 30.4. The molecule has 0 fully saturated rings. The maximum atomic E-state index is 13.9. The number of hydrogen-bond donors (Lipinski definition) is 1. The quantitative estimate of drug-likeness (QED) is 0.332. The topological polar surface area (TPSA) is 67.7 Å². The lowest BCUT2D eigenvalue weighted by atomic mass is 9.91. The van der Waals surface area contributed by atoms with Gasteiger partial charge in [0.1, 0.15) is 4.21 Å². The van der Waals surface area contributed by atoms with E-state index in [1.165, 1.54) is 12.0 Å². The summed E-state index contributed by atoms with van der Waals surface area (Å²) in [4.78, 5) is 13.9. The second-order valence-corrected chi connectivity index (χ2v) is 11.0. The van der Waals surface area contributed by atoms with E-state index in [4.69, 9.17) is 0 Å². The van der Waals surface area contributed by atoms with Crippen molar-refractivity contribution >= 4 is 43.9 Å². The predicted octanol–water partition coefficient (Wildman–Crippen LogP) is 6.30. The van der Waals surface area contributed by atoms with Gasteiger partial charge in [0.15, 0.2) is 0 Å². The molecule has 0 aliphatic heterocycles. The van der Waals surface area contributed by atoms with Crippen molar-refractivity contribution in [1.82, 2.24) is 4.40 Å². The molecular weight excluding hydrogens is 452 g/mol. The first-order chi connectivity index (χ1) is 16.0. The number of rotatable bonds is 6. The van der Waals surface area contributed by atoms with Gasteiger partial charge in [0.25, 0.3) is 10.0 Å². The van der Waals surface area contributed by atoms with E-state index in [0.29, 0.717) is 11.3 Å². The van der Waals surface area contributed by atoms with Gasteiger partial charge in [-0.15, -0.1) is 11.3 Å². The van der Waals surface area contributed by atoms with Gasteiger partial charge in [-0.25, -0.2) is 8.42 Å². The average molecular weight is 477 g/mol. The molecule has 3 heterocycles. The highest BCUT2D eigenvalue weighted by molar-refractivity contribution is 7.94. The minimum absolute atomic E-state index is 0.208. The van der Waals surface area contributed by atoms with Crippen molar-refractivity contribution in [3.63, 3.8) is 0 Å². The number of allylic oxidation sites excluding steroid dienone is 2. The van der Waals surface area contributed by atoms with Gasteiger partial charge in [0.2, 0.25) is 5.78 Å². The fourth-order valence-corrected chi connectivity index (χ4v) is 6.66. The van der Waals surface area contributed by atoms with Crippen molar-refractivity contribution in [2.75, 3.05) is 4.72 Å². The normalized spacial score (nSPS) is 14.3. The van der Waals surface area contributed by atoms with E-state index in [1.807, 2.05) is 35.7 Å². The molecule has 1 aliphatic carbocycles. The van der Waals surface area contributed by atoms with Crippen LogP contribution in [-0.2, 0) is 10.0 Å². The van der Waals surface area contributed by atoms with E-state index < -0.39 is 10.0 Å². The molecule has 0 unspecified atom stereocenters. The summed E-state index contributed by atoms with van der Waals surface area (Å²) in [5.74, 6) is -0.208. The number of pyridine rings is 1. The predicted molar refractivity (Wildman–Crippen MR) is 134 cm³/mol. The first-order valence-electron chi connectivity index (χ1n) is 11.0. The first kappa shape index (κ1) is 21.7. The first-order valence-corrected chi connectivity index (χ1v) is 13.3. The Hall–Kier alpha value is -3.16. The van der Waals surface area contributed by atoms with E-state index in [2.05, 4.69) is 10.8 Å². The molecule has 4 aromatic rings. The van der Waals surface area contributed by atoms with Crippen molar-refractivity contribution in [3.8, 4) is 0 Å². The maximum Gasteiger partial charge on any atom is 0.271 e. The molecular formula is C26H24N2O3S2.